The van der Waals surface area contributed by atoms with Crippen molar-refractivity contribution in [2.75, 3.05) is 0 Å². The zero-order valence-electron chi connectivity index (χ0n) is 29.3. The summed E-state index contributed by atoms with van der Waals surface area (Å²) in [4.78, 5) is 10.1. The van der Waals surface area contributed by atoms with Crippen molar-refractivity contribution in [3.05, 3.63) is 175 Å². The van der Waals surface area contributed by atoms with E-state index in [4.69, 9.17) is 14.4 Å². The van der Waals surface area contributed by atoms with Gasteiger partial charge in [-0.25, -0.2) is 9.97 Å². The average molecular weight is 680 g/mol. The van der Waals surface area contributed by atoms with E-state index in [0.717, 1.165) is 55.7 Å². The highest BCUT2D eigenvalue weighted by Crippen LogP contribution is 2.53. The van der Waals surface area contributed by atoms with Gasteiger partial charge in [0.05, 0.1) is 33.5 Å². The van der Waals surface area contributed by atoms with Gasteiger partial charge >= 0.3 is 0 Å². The van der Waals surface area contributed by atoms with Crippen molar-refractivity contribution in [1.82, 2.24) is 14.5 Å². The number of benzene rings is 7. The number of fused-ring (bicyclic) bond motifs is 10. The predicted molar refractivity (Wildman–Crippen MR) is 218 cm³/mol. The average Bonchev–Trinajstić information content (AvgIpc) is 3.83. The molecule has 0 spiro atoms. The standard InChI is InChI=1S/C49H33N3O/c1-49(2)36-20-11-9-18-33(36)45-37(49)26-27-42-47(45)34-19-10-12-21-40(34)52(42)41-22-13-23-43-46(41)35-25-24-32(28-44(35)53-43)39-29-38(30-14-5-3-6-15-30)50-48(51-39)31-16-7-4-8-17-31/h3-29H,1-2H3. The third kappa shape index (κ3) is 4.36. The minimum atomic E-state index is -0.0742. The Labute approximate surface area is 306 Å². The minimum Gasteiger partial charge on any atom is -0.456 e. The monoisotopic (exact) mass is 679 g/mol. The summed E-state index contributed by atoms with van der Waals surface area (Å²) in [6.07, 6.45) is 0. The first kappa shape index (κ1) is 29.9. The topological polar surface area (TPSA) is 43.9 Å². The summed E-state index contributed by atoms with van der Waals surface area (Å²) in [6.45, 7) is 4.70. The van der Waals surface area contributed by atoms with Crippen LogP contribution in [0.15, 0.2) is 168 Å². The van der Waals surface area contributed by atoms with Gasteiger partial charge in [0.25, 0.3) is 0 Å². The minimum absolute atomic E-state index is 0.0742. The molecule has 4 nitrogen and oxygen atoms in total. The number of aromatic nitrogens is 3. The Kier molecular flexibility index (Phi) is 6.27. The van der Waals surface area contributed by atoms with Gasteiger partial charge in [0.15, 0.2) is 5.82 Å². The van der Waals surface area contributed by atoms with Crippen LogP contribution in [0.4, 0.5) is 0 Å². The third-order valence-electron chi connectivity index (χ3n) is 11.2. The molecule has 1 aliphatic rings. The maximum atomic E-state index is 6.70. The molecule has 0 aliphatic heterocycles. The molecule has 11 rings (SSSR count). The summed E-state index contributed by atoms with van der Waals surface area (Å²) >= 11 is 0. The number of rotatable bonds is 4. The Balaban J connectivity index is 1.13. The maximum absolute atomic E-state index is 6.70. The Morgan fingerprint density at radius 3 is 2.04 bits per heavy atom. The molecule has 3 heterocycles. The summed E-state index contributed by atoms with van der Waals surface area (Å²) in [6, 6.07) is 57.9. The van der Waals surface area contributed by atoms with Crippen LogP contribution in [0.5, 0.6) is 0 Å². The second kappa shape index (κ2) is 11.1. The lowest BCUT2D eigenvalue weighted by Gasteiger charge is -2.21. The van der Waals surface area contributed by atoms with Gasteiger partial charge < -0.3 is 8.98 Å². The van der Waals surface area contributed by atoms with E-state index in [9.17, 15) is 0 Å². The van der Waals surface area contributed by atoms with E-state index in [0.29, 0.717) is 5.82 Å². The SMILES string of the molecule is CC1(C)c2ccccc2-c2c1ccc1c2c2ccccc2n1-c1cccc2oc3cc(-c4cc(-c5ccccc5)nc(-c5ccccc5)n4)ccc3c12. The number of furan rings is 1. The molecule has 0 atom stereocenters. The zero-order chi connectivity index (χ0) is 35.3. The lowest BCUT2D eigenvalue weighted by atomic mass is 9.82. The van der Waals surface area contributed by atoms with Crippen molar-refractivity contribution in [2.24, 2.45) is 0 Å². The molecule has 0 amide bonds. The van der Waals surface area contributed by atoms with Gasteiger partial charge in [0, 0.05) is 38.3 Å². The highest BCUT2D eigenvalue weighted by Gasteiger charge is 2.37. The van der Waals surface area contributed by atoms with Crippen molar-refractivity contribution >= 4 is 43.7 Å². The molecule has 0 saturated carbocycles. The van der Waals surface area contributed by atoms with Gasteiger partial charge in [-0.1, -0.05) is 135 Å². The molecule has 7 aromatic carbocycles. The van der Waals surface area contributed by atoms with Crippen LogP contribution in [0, 0.1) is 0 Å². The predicted octanol–water partition coefficient (Wildman–Crippen LogP) is 12.8. The second-order valence-electron chi connectivity index (χ2n) is 14.6. The summed E-state index contributed by atoms with van der Waals surface area (Å²) in [5, 5.41) is 4.72. The van der Waals surface area contributed by atoms with E-state index in [1.807, 2.05) is 36.4 Å². The molecule has 4 heteroatoms. The molecule has 0 radical (unpaired) electrons. The first-order valence-electron chi connectivity index (χ1n) is 18.2. The van der Waals surface area contributed by atoms with Crippen LogP contribution < -0.4 is 0 Å². The molecule has 0 N–H and O–H groups in total. The van der Waals surface area contributed by atoms with Crippen LogP contribution in [0.3, 0.4) is 0 Å². The zero-order valence-corrected chi connectivity index (χ0v) is 29.3. The lowest BCUT2D eigenvalue weighted by molar-refractivity contribution is 0.661. The molecule has 0 fully saturated rings. The third-order valence-corrected chi connectivity index (χ3v) is 11.2. The first-order valence-corrected chi connectivity index (χ1v) is 18.2. The fourth-order valence-corrected chi connectivity index (χ4v) is 8.73. The number of hydrogen-bond acceptors (Lipinski definition) is 3. The Hall–Kier alpha value is -6.78. The van der Waals surface area contributed by atoms with E-state index >= 15 is 0 Å². The van der Waals surface area contributed by atoms with Crippen molar-refractivity contribution in [1.29, 1.82) is 0 Å². The molecular formula is C49H33N3O. The smallest absolute Gasteiger partial charge is 0.160 e. The van der Waals surface area contributed by atoms with Gasteiger partial charge in [-0.2, -0.15) is 0 Å². The van der Waals surface area contributed by atoms with Crippen molar-refractivity contribution in [2.45, 2.75) is 19.3 Å². The van der Waals surface area contributed by atoms with Crippen LogP contribution in [-0.2, 0) is 5.41 Å². The normalized spacial score (nSPS) is 13.2. The molecule has 250 valence electrons. The van der Waals surface area contributed by atoms with Gasteiger partial charge in [0.1, 0.15) is 11.2 Å². The quantitative estimate of drug-likeness (QED) is 0.186. The van der Waals surface area contributed by atoms with Crippen molar-refractivity contribution < 1.29 is 4.42 Å². The maximum Gasteiger partial charge on any atom is 0.160 e. The van der Waals surface area contributed by atoms with Gasteiger partial charge in [-0.05, 0) is 64.7 Å². The highest BCUT2D eigenvalue weighted by molar-refractivity contribution is 6.19. The van der Waals surface area contributed by atoms with E-state index in [1.165, 1.54) is 44.1 Å². The van der Waals surface area contributed by atoms with Crippen LogP contribution >= 0.6 is 0 Å². The van der Waals surface area contributed by atoms with Crippen molar-refractivity contribution in [3.8, 4) is 50.7 Å². The van der Waals surface area contributed by atoms with Gasteiger partial charge in [0.2, 0.25) is 0 Å². The molecule has 0 unspecified atom stereocenters. The second-order valence-corrected chi connectivity index (χ2v) is 14.6. The Bertz CT molecular complexity index is 3020. The summed E-state index contributed by atoms with van der Waals surface area (Å²) in [7, 11) is 0. The van der Waals surface area contributed by atoms with Gasteiger partial charge in [-0.15, -0.1) is 0 Å². The van der Waals surface area contributed by atoms with Crippen LogP contribution in [0.1, 0.15) is 25.0 Å². The lowest BCUT2D eigenvalue weighted by Crippen LogP contribution is -2.14. The van der Waals surface area contributed by atoms with Gasteiger partial charge in [-0.3, -0.25) is 0 Å². The molecule has 53 heavy (non-hydrogen) atoms. The van der Waals surface area contributed by atoms with E-state index in [-0.39, 0.29) is 5.41 Å². The molecule has 3 aromatic heterocycles. The number of hydrogen-bond donors (Lipinski definition) is 0. The number of nitrogens with zero attached hydrogens (tertiary/aromatic N) is 3. The molecule has 10 aromatic rings. The fraction of sp³-hybridized carbons (Fsp3) is 0.0612. The molecule has 0 bridgehead atoms. The van der Waals surface area contributed by atoms with Crippen LogP contribution in [-0.4, -0.2) is 14.5 Å². The summed E-state index contributed by atoms with van der Waals surface area (Å²) in [5.74, 6) is 0.692. The van der Waals surface area contributed by atoms with Crippen LogP contribution in [0.2, 0.25) is 0 Å². The van der Waals surface area contributed by atoms with Crippen molar-refractivity contribution in [3.63, 3.8) is 0 Å². The Morgan fingerprint density at radius 2 is 1.21 bits per heavy atom. The molecular weight excluding hydrogens is 647 g/mol. The largest absolute Gasteiger partial charge is 0.456 e. The Morgan fingerprint density at radius 1 is 0.491 bits per heavy atom. The van der Waals surface area contributed by atoms with Crippen LogP contribution in [0.25, 0.3) is 94.5 Å². The summed E-state index contributed by atoms with van der Waals surface area (Å²) in [5.41, 5.74) is 15.2. The van der Waals surface area contributed by atoms with E-state index < -0.39 is 0 Å². The first-order chi connectivity index (χ1) is 26.0. The number of para-hydroxylation sites is 1. The fourth-order valence-electron chi connectivity index (χ4n) is 8.73. The summed E-state index contributed by atoms with van der Waals surface area (Å²) < 4.78 is 9.14. The molecule has 1 aliphatic carbocycles. The highest BCUT2D eigenvalue weighted by atomic mass is 16.3. The van der Waals surface area contributed by atoms with E-state index in [1.54, 1.807) is 0 Å². The van der Waals surface area contributed by atoms with E-state index in [2.05, 4.69) is 146 Å². The molecule has 0 saturated heterocycles.